The second-order valence-electron chi connectivity index (χ2n) is 6.86. The van der Waals surface area contributed by atoms with Gasteiger partial charge in [-0.2, -0.15) is 0 Å². The predicted molar refractivity (Wildman–Crippen MR) is 110 cm³/mol. The van der Waals surface area contributed by atoms with E-state index in [0.29, 0.717) is 18.9 Å². The maximum atomic E-state index is 11.7. The monoisotopic (exact) mass is 394 g/mol. The molecule has 1 atom stereocenters. The minimum atomic E-state index is -0.243. The van der Waals surface area contributed by atoms with Crippen LogP contribution >= 0.6 is 0 Å². The van der Waals surface area contributed by atoms with Crippen LogP contribution in [0.5, 0.6) is 5.75 Å². The van der Waals surface area contributed by atoms with Gasteiger partial charge in [-0.3, -0.25) is 4.79 Å². The van der Waals surface area contributed by atoms with Gasteiger partial charge in [-0.05, 0) is 43.0 Å². The molecule has 1 aliphatic rings. The number of ether oxygens (including phenoxy) is 3. The molecule has 1 aromatic carbocycles. The molecule has 152 valence electrons. The van der Waals surface area contributed by atoms with Gasteiger partial charge in [-0.15, -0.1) is 0 Å². The molecule has 0 amide bonds. The number of allylic oxidation sites excluding steroid dienone is 3. The van der Waals surface area contributed by atoms with E-state index in [-0.39, 0.29) is 11.9 Å². The summed E-state index contributed by atoms with van der Waals surface area (Å²) in [6.45, 7) is 2.15. The number of carbonyl (C=O) groups excluding carboxylic acids is 1. The van der Waals surface area contributed by atoms with E-state index in [1.54, 1.807) is 13.3 Å². The van der Waals surface area contributed by atoms with E-state index < -0.39 is 0 Å². The van der Waals surface area contributed by atoms with E-state index in [4.69, 9.17) is 14.2 Å². The van der Waals surface area contributed by atoms with Crippen molar-refractivity contribution in [2.24, 2.45) is 5.92 Å². The van der Waals surface area contributed by atoms with Crippen molar-refractivity contribution in [3.63, 3.8) is 0 Å². The molecule has 29 heavy (non-hydrogen) atoms. The molecule has 0 spiro atoms. The number of methoxy groups -OCH3 is 2. The fourth-order valence-corrected chi connectivity index (χ4v) is 3.23. The number of nitrogens with zero attached hydrogens (tertiary/aromatic N) is 2. The third-order valence-corrected chi connectivity index (χ3v) is 4.76. The zero-order chi connectivity index (χ0) is 20.6. The van der Waals surface area contributed by atoms with Gasteiger partial charge in [-0.1, -0.05) is 31.2 Å². The lowest BCUT2D eigenvalue weighted by molar-refractivity contribution is -0.144. The van der Waals surface area contributed by atoms with E-state index in [2.05, 4.69) is 22.1 Å². The third-order valence-electron chi connectivity index (χ3n) is 4.76. The maximum Gasteiger partial charge on any atom is 0.308 e. The molecule has 6 nitrogen and oxygen atoms in total. The summed E-state index contributed by atoms with van der Waals surface area (Å²) in [7, 11) is 3.06. The first kappa shape index (κ1) is 20.6. The SMILES string of the molecule is COC(=O)C(C)Cc1ccccc1OCc1ccnc(C2=CCCC=C2OC)n1. The van der Waals surface area contributed by atoms with E-state index in [0.717, 1.165) is 41.2 Å². The number of hydrogen-bond acceptors (Lipinski definition) is 6. The minimum Gasteiger partial charge on any atom is -0.496 e. The van der Waals surface area contributed by atoms with Crippen LogP contribution in [0.1, 0.15) is 36.8 Å². The molecule has 1 heterocycles. The number of aromatic nitrogens is 2. The van der Waals surface area contributed by atoms with Gasteiger partial charge in [0.05, 0.1) is 31.4 Å². The van der Waals surface area contributed by atoms with Gasteiger partial charge in [0.2, 0.25) is 0 Å². The van der Waals surface area contributed by atoms with Gasteiger partial charge >= 0.3 is 5.97 Å². The quantitative estimate of drug-likeness (QED) is 0.628. The van der Waals surface area contributed by atoms with Crippen LogP contribution in [0, 0.1) is 5.92 Å². The molecule has 0 saturated carbocycles. The van der Waals surface area contributed by atoms with E-state index >= 15 is 0 Å². The summed E-state index contributed by atoms with van der Waals surface area (Å²) < 4.78 is 16.3. The summed E-state index contributed by atoms with van der Waals surface area (Å²) in [4.78, 5) is 20.8. The van der Waals surface area contributed by atoms with Crippen LogP contribution in [-0.4, -0.2) is 30.2 Å². The number of rotatable bonds is 8. The van der Waals surface area contributed by atoms with Crippen molar-refractivity contribution in [3.05, 3.63) is 71.5 Å². The Morgan fingerprint density at radius 3 is 2.72 bits per heavy atom. The van der Waals surface area contributed by atoms with Gasteiger partial charge < -0.3 is 14.2 Å². The van der Waals surface area contributed by atoms with Crippen molar-refractivity contribution < 1.29 is 19.0 Å². The standard InChI is InChI=1S/C23H26N2O4/c1-16(23(26)28-3)14-17-8-4-6-10-20(17)29-15-18-12-13-24-22(25-18)19-9-5-7-11-21(19)27-2/h4,6,8-13,16H,5,7,14-15H2,1-3H3. The lowest BCUT2D eigenvalue weighted by Gasteiger charge is -2.15. The maximum absolute atomic E-state index is 11.7. The van der Waals surface area contributed by atoms with Gasteiger partial charge in [0.25, 0.3) is 0 Å². The molecule has 6 heteroatoms. The Labute approximate surface area is 171 Å². The molecule has 2 aromatic rings. The van der Waals surface area contributed by atoms with Crippen molar-refractivity contribution in [2.45, 2.75) is 32.8 Å². The van der Waals surface area contributed by atoms with Crippen molar-refractivity contribution in [1.29, 1.82) is 0 Å². The van der Waals surface area contributed by atoms with E-state index in [1.807, 2.05) is 37.3 Å². The zero-order valence-electron chi connectivity index (χ0n) is 17.1. The van der Waals surface area contributed by atoms with Gasteiger partial charge in [0.15, 0.2) is 5.82 Å². The summed E-state index contributed by atoms with van der Waals surface area (Å²) >= 11 is 0. The Morgan fingerprint density at radius 2 is 1.93 bits per heavy atom. The summed E-state index contributed by atoms with van der Waals surface area (Å²) in [6.07, 6.45) is 8.33. The van der Waals surface area contributed by atoms with Crippen LogP contribution in [0.2, 0.25) is 0 Å². The molecule has 0 saturated heterocycles. The third kappa shape index (κ3) is 5.22. The predicted octanol–water partition coefficient (Wildman–Crippen LogP) is 4.11. The molecule has 1 unspecified atom stereocenters. The first-order valence-corrected chi connectivity index (χ1v) is 9.68. The van der Waals surface area contributed by atoms with Crippen LogP contribution in [-0.2, 0) is 27.3 Å². The highest BCUT2D eigenvalue weighted by molar-refractivity contribution is 5.74. The summed E-state index contributed by atoms with van der Waals surface area (Å²) in [5.74, 6) is 1.69. The second-order valence-corrected chi connectivity index (χ2v) is 6.86. The van der Waals surface area contributed by atoms with Gasteiger partial charge in [-0.25, -0.2) is 9.97 Å². The number of carbonyl (C=O) groups is 1. The summed E-state index contributed by atoms with van der Waals surface area (Å²) in [6, 6.07) is 9.54. The molecule has 0 aliphatic heterocycles. The van der Waals surface area contributed by atoms with Crippen LogP contribution in [0.4, 0.5) is 0 Å². The number of esters is 1. The Bertz CT molecular complexity index is 921. The van der Waals surface area contributed by atoms with Crippen LogP contribution < -0.4 is 4.74 Å². The lowest BCUT2D eigenvalue weighted by atomic mass is 10.0. The van der Waals surface area contributed by atoms with Crippen molar-refractivity contribution in [2.75, 3.05) is 14.2 Å². The van der Waals surface area contributed by atoms with Crippen LogP contribution in [0.25, 0.3) is 5.57 Å². The molecule has 1 aromatic heterocycles. The average molecular weight is 394 g/mol. The molecule has 0 N–H and O–H groups in total. The first-order chi connectivity index (χ1) is 14.1. The van der Waals surface area contributed by atoms with Crippen LogP contribution in [0.3, 0.4) is 0 Å². The number of para-hydroxylation sites is 1. The number of hydrogen-bond donors (Lipinski definition) is 0. The summed E-state index contributed by atoms with van der Waals surface area (Å²) in [5, 5.41) is 0. The molecule has 3 rings (SSSR count). The first-order valence-electron chi connectivity index (χ1n) is 9.68. The highest BCUT2D eigenvalue weighted by Crippen LogP contribution is 2.27. The smallest absolute Gasteiger partial charge is 0.308 e. The molecule has 0 fully saturated rings. The largest absolute Gasteiger partial charge is 0.496 e. The molecule has 1 aliphatic carbocycles. The summed E-state index contributed by atoms with van der Waals surface area (Å²) in [5.41, 5.74) is 2.64. The van der Waals surface area contributed by atoms with E-state index in [9.17, 15) is 4.79 Å². The zero-order valence-corrected chi connectivity index (χ0v) is 17.1. The van der Waals surface area contributed by atoms with Crippen molar-refractivity contribution in [1.82, 2.24) is 9.97 Å². The molecular weight excluding hydrogens is 368 g/mol. The molecule has 0 radical (unpaired) electrons. The van der Waals surface area contributed by atoms with Crippen molar-refractivity contribution in [3.8, 4) is 5.75 Å². The van der Waals surface area contributed by atoms with Crippen LogP contribution in [0.15, 0.2) is 54.4 Å². The Balaban J connectivity index is 1.72. The second kappa shape index (κ2) is 9.87. The Kier molecular flexibility index (Phi) is 7.00. The Hall–Kier alpha value is -3.15. The van der Waals surface area contributed by atoms with Gasteiger partial charge in [0, 0.05) is 6.20 Å². The highest BCUT2D eigenvalue weighted by atomic mass is 16.5. The fraction of sp³-hybridized carbons (Fsp3) is 0.348. The lowest BCUT2D eigenvalue weighted by Crippen LogP contribution is -2.15. The minimum absolute atomic E-state index is 0.233. The molecule has 0 bridgehead atoms. The highest BCUT2D eigenvalue weighted by Gasteiger charge is 2.17. The molecular formula is C23H26N2O4. The van der Waals surface area contributed by atoms with E-state index in [1.165, 1.54) is 7.11 Å². The topological polar surface area (TPSA) is 70.5 Å². The van der Waals surface area contributed by atoms with Gasteiger partial charge in [0.1, 0.15) is 18.1 Å². The average Bonchev–Trinajstić information content (AvgIpc) is 2.78. The number of benzene rings is 1. The normalized spacial score (nSPS) is 14.4. The van der Waals surface area contributed by atoms with Crippen molar-refractivity contribution >= 4 is 11.5 Å². The Morgan fingerprint density at radius 1 is 1.14 bits per heavy atom. The fourth-order valence-electron chi connectivity index (χ4n) is 3.23.